The van der Waals surface area contributed by atoms with Crippen LogP contribution in [0.25, 0.3) is 22.3 Å². The molecule has 6 heteroatoms. The van der Waals surface area contributed by atoms with Crippen LogP contribution in [-0.2, 0) is 5.41 Å². The molecule has 0 unspecified atom stereocenters. The highest BCUT2D eigenvalue weighted by atomic mass is 35.5. The molecule has 5 nitrogen and oxygen atoms in total. The van der Waals surface area contributed by atoms with Crippen molar-refractivity contribution in [2.24, 2.45) is 5.73 Å². The number of nitrogens with zero attached hydrogens (tertiary/aromatic N) is 3. The fraction of sp³-hybridized carbons (Fsp3) is 0.353. The molecule has 0 atom stereocenters. The Balaban J connectivity index is 0.00000156. The predicted molar refractivity (Wildman–Crippen MR) is 91.5 cm³/mol. The van der Waals surface area contributed by atoms with Crippen molar-refractivity contribution >= 4 is 23.2 Å². The average molecular weight is 331 g/mol. The van der Waals surface area contributed by atoms with Gasteiger partial charge in [0.25, 0.3) is 0 Å². The molecular weight excluding hydrogens is 312 g/mol. The van der Waals surface area contributed by atoms with Crippen LogP contribution in [0.15, 0.2) is 41.1 Å². The highest BCUT2D eigenvalue weighted by Crippen LogP contribution is 2.40. The summed E-state index contributed by atoms with van der Waals surface area (Å²) < 4.78 is 5.57. The molecule has 0 radical (unpaired) electrons. The third-order valence-corrected chi connectivity index (χ3v) is 4.72. The number of benzene rings is 1. The maximum atomic E-state index is 6.00. The van der Waals surface area contributed by atoms with Gasteiger partial charge in [-0.2, -0.15) is 4.98 Å². The second-order valence-corrected chi connectivity index (χ2v) is 6.00. The van der Waals surface area contributed by atoms with E-state index in [0.29, 0.717) is 18.3 Å². The number of nitrogens with two attached hydrogens (primary N) is 1. The third kappa shape index (κ3) is 2.60. The summed E-state index contributed by atoms with van der Waals surface area (Å²) in [4.78, 5) is 9.08. The first kappa shape index (κ1) is 15.9. The summed E-state index contributed by atoms with van der Waals surface area (Å²) in [5.41, 5.74) is 6.62. The molecule has 23 heavy (non-hydrogen) atoms. The first-order chi connectivity index (χ1) is 10.8. The SMILES string of the molecule is Cl.NCC1(c2nc(-c3nccc4ccccc34)no2)CCCC1. The van der Waals surface area contributed by atoms with Gasteiger partial charge in [-0.1, -0.05) is 42.3 Å². The molecule has 0 saturated heterocycles. The van der Waals surface area contributed by atoms with Gasteiger partial charge in [0.15, 0.2) is 0 Å². The number of hydrogen-bond acceptors (Lipinski definition) is 5. The van der Waals surface area contributed by atoms with Gasteiger partial charge < -0.3 is 10.3 Å². The van der Waals surface area contributed by atoms with Crippen molar-refractivity contribution in [2.75, 3.05) is 6.54 Å². The molecule has 2 heterocycles. The Kier molecular flexibility index (Phi) is 4.33. The lowest BCUT2D eigenvalue weighted by molar-refractivity contribution is 0.284. The molecule has 0 spiro atoms. The van der Waals surface area contributed by atoms with Crippen LogP contribution in [0.2, 0.25) is 0 Å². The van der Waals surface area contributed by atoms with Crippen LogP contribution in [0.4, 0.5) is 0 Å². The lowest BCUT2D eigenvalue weighted by Gasteiger charge is -2.21. The van der Waals surface area contributed by atoms with E-state index >= 15 is 0 Å². The van der Waals surface area contributed by atoms with Gasteiger partial charge >= 0.3 is 0 Å². The van der Waals surface area contributed by atoms with Crippen molar-refractivity contribution in [3.63, 3.8) is 0 Å². The highest BCUT2D eigenvalue weighted by molar-refractivity contribution is 5.92. The monoisotopic (exact) mass is 330 g/mol. The maximum Gasteiger partial charge on any atom is 0.234 e. The van der Waals surface area contributed by atoms with Gasteiger partial charge in [-0.3, -0.25) is 4.98 Å². The summed E-state index contributed by atoms with van der Waals surface area (Å²) in [6.45, 7) is 0.553. The summed E-state index contributed by atoms with van der Waals surface area (Å²) in [5.74, 6) is 1.21. The van der Waals surface area contributed by atoms with Crippen molar-refractivity contribution in [1.82, 2.24) is 15.1 Å². The number of fused-ring (bicyclic) bond motifs is 1. The van der Waals surface area contributed by atoms with Crippen LogP contribution in [0, 0.1) is 0 Å². The predicted octanol–water partition coefficient (Wildman–Crippen LogP) is 3.48. The van der Waals surface area contributed by atoms with Crippen LogP contribution in [-0.4, -0.2) is 21.7 Å². The Bertz CT molecular complexity index is 806. The van der Waals surface area contributed by atoms with Crippen LogP contribution >= 0.6 is 12.4 Å². The fourth-order valence-corrected chi connectivity index (χ4v) is 3.39. The minimum absolute atomic E-state index is 0. The quantitative estimate of drug-likeness (QED) is 0.795. The minimum atomic E-state index is -0.143. The van der Waals surface area contributed by atoms with E-state index in [-0.39, 0.29) is 17.8 Å². The molecule has 1 aliphatic carbocycles. The standard InChI is InChI=1S/C17H18N4O.ClH/c18-11-17(8-3-4-9-17)16-20-15(21-22-16)14-13-6-2-1-5-12(13)7-10-19-14;/h1-2,5-7,10H,3-4,8-9,11,18H2;1H. The molecule has 0 amide bonds. The summed E-state index contributed by atoms with van der Waals surface area (Å²) in [5, 5.41) is 6.32. The van der Waals surface area contributed by atoms with Gasteiger partial charge in [-0.05, 0) is 24.3 Å². The smallest absolute Gasteiger partial charge is 0.234 e. The first-order valence-corrected chi connectivity index (χ1v) is 7.71. The molecule has 1 fully saturated rings. The molecule has 0 aliphatic heterocycles. The van der Waals surface area contributed by atoms with Crippen LogP contribution in [0.5, 0.6) is 0 Å². The Labute approximate surface area is 140 Å². The number of halogens is 1. The molecule has 1 aliphatic rings. The van der Waals surface area contributed by atoms with E-state index in [0.717, 1.165) is 29.3 Å². The second-order valence-electron chi connectivity index (χ2n) is 6.00. The molecule has 0 bridgehead atoms. The van der Waals surface area contributed by atoms with Crippen LogP contribution in [0.3, 0.4) is 0 Å². The van der Waals surface area contributed by atoms with Gasteiger partial charge in [0.05, 0.1) is 5.41 Å². The van der Waals surface area contributed by atoms with Crippen LogP contribution < -0.4 is 5.73 Å². The van der Waals surface area contributed by atoms with E-state index in [1.54, 1.807) is 6.20 Å². The zero-order valence-electron chi connectivity index (χ0n) is 12.7. The topological polar surface area (TPSA) is 77.8 Å². The lowest BCUT2D eigenvalue weighted by atomic mass is 9.86. The van der Waals surface area contributed by atoms with Gasteiger partial charge in [0, 0.05) is 18.1 Å². The Morgan fingerprint density at radius 1 is 1.13 bits per heavy atom. The molecule has 3 aromatic rings. The maximum absolute atomic E-state index is 6.00. The van der Waals surface area contributed by atoms with Gasteiger partial charge in [-0.25, -0.2) is 0 Å². The largest absolute Gasteiger partial charge is 0.338 e. The van der Waals surface area contributed by atoms with E-state index in [4.69, 9.17) is 10.3 Å². The normalized spacial score (nSPS) is 16.4. The summed E-state index contributed by atoms with van der Waals surface area (Å²) in [6, 6.07) is 10.1. The highest BCUT2D eigenvalue weighted by Gasteiger charge is 2.39. The third-order valence-electron chi connectivity index (χ3n) is 4.72. The number of pyridine rings is 1. The lowest BCUT2D eigenvalue weighted by Crippen LogP contribution is -2.32. The molecular formula is C17H19ClN4O. The molecule has 1 saturated carbocycles. The zero-order chi connectivity index (χ0) is 15.0. The first-order valence-electron chi connectivity index (χ1n) is 7.71. The van der Waals surface area contributed by atoms with Crippen molar-refractivity contribution in [3.05, 3.63) is 42.4 Å². The minimum Gasteiger partial charge on any atom is -0.338 e. The van der Waals surface area contributed by atoms with Crippen molar-refractivity contribution < 1.29 is 4.52 Å². The average Bonchev–Trinajstić information content (AvgIpc) is 3.24. The van der Waals surface area contributed by atoms with Gasteiger partial charge in [0.2, 0.25) is 11.7 Å². The number of rotatable bonds is 3. The zero-order valence-corrected chi connectivity index (χ0v) is 13.6. The van der Waals surface area contributed by atoms with Crippen molar-refractivity contribution in [1.29, 1.82) is 0 Å². The summed E-state index contributed by atoms with van der Waals surface area (Å²) in [6.07, 6.45) is 6.16. The van der Waals surface area contributed by atoms with Gasteiger partial charge in [0.1, 0.15) is 5.69 Å². The van der Waals surface area contributed by atoms with E-state index in [2.05, 4.69) is 21.2 Å². The summed E-state index contributed by atoms with van der Waals surface area (Å²) >= 11 is 0. The Morgan fingerprint density at radius 3 is 2.70 bits per heavy atom. The molecule has 1 aromatic carbocycles. The number of hydrogen-bond donors (Lipinski definition) is 1. The van der Waals surface area contributed by atoms with Gasteiger partial charge in [-0.15, -0.1) is 12.4 Å². The summed E-state index contributed by atoms with van der Waals surface area (Å²) in [7, 11) is 0. The Morgan fingerprint density at radius 2 is 1.91 bits per heavy atom. The molecule has 120 valence electrons. The van der Waals surface area contributed by atoms with E-state index in [1.165, 1.54) is 12.8 Å². The van der Waals surface area contributed by atoms with Crippen molar-refractivity contribution in [3.8, 4) is 11.5 Å². The van der Waals surface area contributed by atoms with E-state index < -0.39 is 0 Å². The van der Waals surface area contributed by atoms with E-state index in [1.807, 2.05) is 24.3 Å². The number of aromatic nitrogens is 3. The molecule has 2 N–H and O–H groups in total. The second kappa shape index (κ2) is 6.26. The van der Waals surface area contributed by atoms with E-state index in [9.17, 15) is 0 Å². The molecule has 2 aromatic heterocycles. The fourth-order valence-electron chi connectivity index (χ4n) is 3.39. The Hall–Kier alpha value is -1.98. The van der Waals surface area contributed by atoms with Crippen molar-refractivity contribution in [2.45, 2.75) is 31.1 Å². The molecule has 4 rings (SSSR count). The van der Waals surface area contributed by atoms with Crippen LogP contribution in [0.1, 0.15) is 31.6 Å².